The van der Waals surface area contributed by atoms with Crippen molar-refractivity contribution >= 4 is 23.4 Å². The van der Waals surface area contributed by atoms with Crippen LogP contribution >= 0.6 is 11.6 Å². The van der Waals surface area contributed by atoms with E-state index in [4.69, 9.17) is 16.3 Å². The number of nitrogens with zero attached hydrogens (tertiary/aromatic N) is 1. The highest BCUT2D eigenvalue weighted by molar-refractivity contribution is 6.31. The molecule has 0 bridgehead atoms. The number of nitrogens with one attached hydrogen (secondary N) is 1. The molecule has 0 fully saturated rings. The average molecular weight is 493 g/mol. The predicted molar refractivity (Wildman–Crippen MR) is 141 cm³/mol. The van der Waals surface area contributed by atoms with Gasteiger partial charge < -0.3 is 15.0 Å². The Hall–Kier alpha value is -3.31. The van der Waals surface area contributed by atoms with Gasteiger partial charge in [0.05, 0.1) is 0 Å². The fourth-order valence-corrected chi connectivity index (χ4v) is 4.12. The van der Waals surface area contributed by atoms with Crippen LogP contribution in [0.15, 0.2) is 72.8 Å². The average Bonchev–Trinajstić information content (AvgIpc) is 2.82. The number of rotatable bonds is 10. The summed E-state index contributed by atoms with van der Waals surface area (Å²) in [6.45, 7) is 7.77. The van der Waals surface area contributed by atoms with Gasteiger partial charge in [-0.25, -0.2) is 0 Å². The van der Waals surface area contributed by atoms with Crippen LogP contribution in [0.4, 0.5) is 0 Å². The molecular formula is C29H33ClN2O3. The Labute approximate surface area is 213 Å². The van der Waals surface area contributed by atoms with E-state index in [1.807, 2.05) is 94.4 Å². The fraction of sp³-hybridized carbons (Fsp3) is 0.310. The summed E-state index contributed by atoms with van der Waals surface area (Å²) in [5.41, 5.74) is 3.80. The molecule has 0 aliphatic heterocycles. The molecule has 0 aliphatic rings. The van der Waals surface area contributed by atoms with Gasteiger partial charge >= 0.3 is 0 Å². The molecule has 3 rings (SSSR count). The molecular weight excluding hydrogens is 460 g/mol. The van der Waals surface area contributed by atoms with E-state index in [0.717, 1.165) is 22.3 Å². The Morgan fingerprint density at radius 3 is 2.31 bits per heavy atom. The summed E-state index contributed by atoms with van der Waals surface area (Å²) in [5.74, 6) is 0.147. The second-order valence-corrected chi connectivity index (χ2v) is 9.45. The maximum Gasteiger partial charge on any atom is 0.261 e. The summed E-state index contributed by atoms with van der Waals surface area (Å²) >= 11 is 6.44. The highest BCUT2D eigenvalue weighted by Gasteiger charge is 2.31. The number of hydrogen-bond donors (Lipinski definition) is 1. The molecule has 1 N–H and O–H groups in total. The standard InChI is InChI=1S/C29H33ClN2O3/c1-20(2)31-29(34)26(17-23-10-6-5-7-11-23)32(18-24-12-8-9-13-25(24)30)28(33)19-35-27-15-14-21(3)16-22(27)4/h5-16,20,26H,17-19H2,1-4H3,(H,31,34)/t26-/m1/s1. The van der Waals surface area contributed by atoms with E-state index >= 15 is 0 Å². The van der Waals surface area contributed by atoms with E-state index in [-0.39, 0.29) is 31.0 Å². The second-order valence-electron chi connectivity index (χ2n) is 9.04. The van der Waals surface area contributed by atoms with E-state index < -0.39 is 6.04 Å². The number of benzene rings is 3. The normalized spacial score (nSPS) is 11.7. The van der Waals surface area contributed by atoms with Crippen LogP contribution in [0, 0.1) is 13.8 Å². The van der Waals surface area contributed by atoms with Crippen molar-refractivity contribution in [2.24, 2.45) is 0 Å². The number of amides is 2. The minimum absolute atomic E-state index is 0.0653. The molecule has 0 saturated carbocycles. The van der Waals surface area contributed by atoms with Crippen molar-refractivity contribution < 1.29 is 14.3 Å². The Kier molecular flexibility index (Phi) is 9.32. The Bertz CT molecular complexity index is 1150. The third-order valence-corrected chi connectivity index (χ3v) is 6.05. The van der Waals surface area contributed by atoms with Crippen LogP contribution in [0.5, 0.6) is 5.75 Å². The smallest absolute Gasteiger partial charge is 0.261 e. The summed E-state index contributed by atoms with van der Waals surface area (Å²) in [4.78, 5) is 28.6. The van der Waals surface area contributed by atoms with Gasteiger partial charge in [-0.1, -0.05) is 77.8 Å². The molecule has 0 saturated heterocycles. The molecule has 35 heavy (non-hydrogen) atoms. The summed E-state index contributed by atoms with van der Waals surface area (Å²) < 4.78 is 5.91. The number of halogens is 1. The van der Waals surface area contributed by atoms with Crippen LogP contribution < -0.4 is 10.1 Å². The molecule has 0 heterocycles. The number of hydrogen-bond acceptors (Lipinski definition) is 3. The van der Waals surface area contributed by atoms with Crippen molar-refractivity contribution in [3.8, 4) is 5.75 Å². The van der Waals surface area contributed by atoms with Crippen LogP contribution in [0.2, 0.25) is 5.02 Å². The van der Waals surface area contributed by atoms with E-state index in [2.05, 4.69) is 5.32 Å². The Morgan fingerprint density at radius 2 is 1.66 bits per heavy atom. The van der Waals surface area contributed by atoms with Crippen LogP contribution in [0.25, 0.3) is 0 Å². The monoisotopic (exact) mass is 492 g/mol. The van der Waals surface area contributed by atoms with Gasteiger partial charge in [-0.2, -0.15) is 0 Å². The third kappa shape index (κ3) is 7.59. The van der Waals surface area contributed by atoms with Crippen molar-refractivity contribution in [3.63, 3.8) is 0 Å². The van der Waals surface area contributed by atoms with E-state index in [1.165, 1.54) is 0 Å². The lowest BCUT2D eigenvalue weighted by molar-refractivity contribution is -0.143. The third-order valence-electron chi connectivity index (χ3n) is 5.68. The lowest BCUT2D eigenvalue weighted by Crippen LogP contribution is -2.52. The van der Waals surface area contributed by atoms with Crippen molar-refractivity contribution in [3.05, 3.63) is 100 Å². The summed E-state index contributed by atoms with van der Waals surface area (Å²) in [6.07, 6.45) is 0.374. The summed E-state index contributed by atoms with van der Waals surface area (Å²) in [6, 6.07) is 22.1. The molecule has 1 atom stereocenters. The summed E-state index contributed by atoms with van der Waals surface area (Å²) in [5, 5.41) is 3.53. The van der Waals surface area contributed by atoms with Gasteiger partial charge in [-0.15, -0.1) is 0 Å². The fourth-order valence-electron chi connectivity index (χ4n) is 3.93. The zero-order chi connectivity index (χ0) is 25.4. The first kappa shape index (κ1) is 26.3. The molecule has 0 spiro atoms. The van der Waals surface area contributed by atoms with Gasteiger partial charge in [-0.3, -0.25) is 9.59 Å². The summed E-state index contributed by atoms with van der Waals surface area (Å²) in [7, 11) is 0. The number of ether oxygens (including phenoxy) is 1. The molecule has 5 nitrogen and oxygen atoms in total. The predicted octanol–water partition coefficient (Wildman–Crippen LogP) is 5.50. The van der Waals surface area contributed by atoms with Crippen LogP contribution in [-0.2, 0) is 22.6 Å². The highest BCUT2D eigenvalue weighted by Crippen LogP contribution is 2.22. The van der Waals surface area contributed by atoms with E-state index in [9.17, 15) is 9.59 Å². The van der Waals surface area contributed by atoms with Crippen LogP contribution in [-0.4, -0.2) is 35.4 Å². The van der Waals surface area contributed by atoms with E-state index in [1.54, 1.807) is 11.0 Å². The molecule has 2 amide bonds. The number of carbonyl (C=O) groups excluding carboxylic acids is 2. The van der Waals surface area contributed by atoms with Gasteiger partial charge in [0.2, 0.25) is 5.91 Å². The van der Waals surface area contributed by atoms with Gasteiger partial charge in [0.15, 0.2) is 6.61 Å². The first-order chi connectivity index (χ1) is 16.7. The van der Waals surface area contributed by atoms with Crippen LogP contribution in [0.3, 0.4) is 0 Å². The van der Waals surface area contributed by atoms with Gasteiger partial charge in [0.25, 0.3) is 5.91 Å². The lowest BCUT2D eigenvalue weighted by atomic mass is 10.0. The number of aryl methyl sites for hydroxylation is 2. The molecule has 184 valence electrons. The van der Waals surface area contributed by atoms with Gasteiger partial charge in [-0.05, 0) is 56.5 Å². The van der Waals surface area contributed by atoms with Crippen molar-refractivity contribution in [1.82, 2.24) is 10.2 Å². The minimum atomic E-state index is -0.730. The first-order valence-electron chi connectivity index (χ1n) is 11.8. The number of carbonyl (C=O) groups is 2. The SMILES string of the molecule is Cc1ccc(OCC(=O)N(Cc2ccccc2Cl)[C@H](Cc2ccccc2)C(=O)NC(C)C)c(C)c1. The second kappa shape index (κ2) is 12.4. The highest BCUT2D eigenvalue weighted by atomic mass is 35.5. The molecule has 3 aromatic carbocycles. The van der Waals surface area contributed by atoms with Crippen LogP contribution in [0.1, 0.15) is 36.1 Å². The van der Waals surface area contributed by atoms with Gasteiger partial charge in [0.1, 0.15) is 11.8 Å². The quantitative estimate of drug-likeness (QED) is 0.406. The molecule has 0 radical (unpaired) electrons. The molecule has 0 aliphatic carbocycles. The van der Waals surface area contributed by atoms with Crippen molar-refractivity contribution in [2.75, 3.05) is 6.61 Å². The molecule has 6 heteroatoms. The van der Waals surface area contributed by atoms with E-state index in [0.29, 0.717) is 17.2 Å². The Morgan fingerprint density at radius 1 is 0.971 bits per heavy atom. The maximum atomic E-state index is 13.6. The van der Waals surface area contributed by atoms with Crippen molar-refractivity contribution in [2.45, 2.75) is 52.7 Å². The zero-order valence-corrected chi connectivity index (χ0v) is 21.5. The lowest BCUT2D eigenvalue weighted by Gasteiger charge is -2.32. The zero-order valence-electron chi connectivity index (χ0n) is 20.8. The van der Waals surface area contributed by atoms with Crippen molar-refractivity contribution in [1.29, 1.82) is 0 Å². The largest absolute Gasteiger partial charge is 0.483 e. The maximum absolute atomic E-state index is 13.6. The molecule has 0 aromatic heterocycles. The molecule has 3 aromatic rings. The minimum Gasteiger partial charge on any atom is -0.483 e. The van der Waals surface area contributed by atoms with Gasteiger partial charge in [0, 0.05) is 24.0 Å². The topological polar surface area (TPSA) is 58.6 Å². The molecule has 0 unspecified atom stereocenters. The Balaban J connectivity index is 1.93. The first-order valence-corrected chi connectivity index (χ1v) is 12.2.